The smallest absolute Gasteiger partial charge is 0.0540 e. The summed E-state index contributed by atoms with van der Waals surface area (Å²) in [7, 11) is 0. The Hall–Kier alpha value is -1.67. The van der Waals surface area contributed by atoms with Crippen molar-refractivity contribution in [3.63, 3.8) is 0 Å². The van der Waals surface area contributed by atoms with Crippen molar-refractivity contribution in [3.8, 4) is 0 Å². The van der Waals surface area contributed by atoms with Gasteiger partial charge in [-0.3, -0.25) is 4.98 Å². The molecule has 2 rings (SSSR count). The van der Waals surface area contributed by atoms with Gasteiger partial charge in [-0.2, -0.15) is 0 Å². The summed E-state index contributed by atoms with van der Waals surface area (Å²) < 4.78 is 0. The van der Waals surface area contributed by atoms with E-state index < -0.39 is 0 Å². The third-order valence-electron chi connectivity index (χ3n) is 3.54. The third kappa shape index (κ3) is 5.54. The molecule has 0 fully saturated rings. The van der Waals surface area contributed by atoms with Crippen LogP contribution in [0.2, 0.25) is 0 Å². The first-order valence-electron chi connectivity index (χ1n) is 7.46. The van der Waals surface area contributed by atoms with E-state index in [-0.39, 0.29) is 6.10 Å². The van der Waals surface area contributed by atoms with E-state index in [1.54, 1.807) is 0 Å². The molecule has 0 aliphatic heterocycles. The van der Waals surface area contributed by atoms with Gasteiger partial charge < -0.3 is 5.11 Å². The molecule has 1 N–H and O–H groups in total. The number of hydrogen-bond acceptors (Lipinski definition) is 2. The van der Waals surface area contributed by atoms with E-state index in [2.05, 4.69) is 29.2 Å². The number of aliphatic hydroxyl groups is 1. The van der Waals surface area contributed by atoms with E-state index in [1.807, 2.05) is 30.5 Å². The standard InChI is InChI=1S/C18H23NO/c20-18(13-6-10-16-8-2-1-3-9-16)14-7-12-17-11-4-5-15-19-17/h1-5,8-9,11,15,18,20H,6-7,10,12-14H2. The van der Waals surface area contributed by atoms with Crippen molar-refractivity contribution >= 4 is 0 Å². The van der Waals surface area contributed by atoms with E-state index >= 15 is 0 Å². The van der Waals surface area contributed by atoms with Gasteiger partial charge in [0.15, 0.2) is 0 Å². The number of nitrogens with zero attached hydrogens (tertiary/aromatic N) is 1. The van der Waals surface area contributed by atoms with Crippen molar-refractivity contribution in [2.45, 2.75) is 44.6 Å². The van der Waals surface area contributed by atoms with Gasteiger partial charge in [0, 0.05) is 11.9 Å². The Balaban J connectivity index is 1.58. The second kappa shape index (κ2) is 8.49. The number of aliphatic hydroxyl groups excluding tert-OH is 1. The van der Waals surface area contributed by atoms with Crippen LogP contribution in [-0.2, 0) is 12.8 Å². The predicted octanol–water partition coefficient (Wildman–Crippen LogP) is 3.79. The lowest BCUT2D eigenvalue weighted by Gasteiger charge is -2.10. The van der Waals surface area contributed by atoms with Crippen LogP contribution in [0.5, 0.6) is 0 Å². The highest BCUT2D eigenvalue weighted by molar-refractivity contribution is 5.14. The van der Waals surface area contributed by atoms with Gasteiger partial charge in [-0.1, -0.05) is 36.4 Å². The van der Waals surface area contributed by atoms with Crippen molar-refractivity contribution < 1.29 is 5.11 Å². The summed E-state index contributed by atoms with van der Waals surface area (Å²) in [5.41, 5.74) is 2.47. The Kier molecular flexibility index (Phi) is 6.25. The van der Waals surface area contributed by atoms with Gasteiger partial charge in [0.05, 0.1) is 6.10 Å². The first-order chi connectivity index (χ1) is 9.84. The maximum atomic E-state index is 9.98. The molecule has 0 aliphatic carbocycles. The van der Waals surface area contributed by atoms with Crippen LogP contribution in [0, 0.1) is 0 Å². The Labute approximate surface area is 121 Å². The summed E-state index contributed by atoms with van der Waals surface area (Å²) in [5.74, 6) is 0. The van der Waals surface area contributed by atoms with Gasteiger partial charge in [-0.25, -0.2) is 0 Å². The molecule has 0 amide bonds. The molecule has 0 radical (unpaired) electrons. The fourth-order valence-corrected chi connectivity index (χ4v) is 2.40. The van der Waals surface area contributed by atoms with E-state index in [0.29, 0.717) is 0 Å². The van der Waals surface area contributed by atoms with Crippen LogP contribution in [0.3, 0.4) is 0 Å². The van der Waals surface area contributed by atoms with E-state index in [4.69, 9.17) is 0 Å². The van der Waals surface area contributed by atoms with Gasteiger partial charge in [-0.05, 0) is 56.2 Å². The SMILES string of the molecule is OC(CCCc1ccccc1)CCCc1ccccn1. The quantitative estimate of drug-likeness (QED) is 0.791. The number of rotatable bonds is 8. The molecular formula is C18H23NO. The largest absolute Gasteiger partial charge is 0.393 e. The number of aryl methyl sites for hydroxylation is 2. The minimum Gasteiger partial charge on any atom is -0.393 e. The van der Waals surface area contributed by atoms with Crippen molar-refractivity contribution in [2.75, 3.05) is 0 Å². The molecule has 2 aromatic rings. The zero-order chi connectivity index (χ0) is 14.0. The average Bonchev–Trinajstić information content (AvgIpc) is 2.49. The summed E-state index contributed by atoms with van der Waals surface area (Å²) >= 11 is 0. The van der Waals surface area contributed by atoms with Gasteiger partial charge in [0.2, 0.25) is 0 Å². The Morgan fingerprint density at radius 2 is 1.55 bits per heavy atom. The summed E-state index contributed by atoms with van der Waals surface area (Å²) in [6, 6.07) is 16.5. The number of hydrogen-bond donors (Lipinski definition) is 1. The second-order valence-corrected chi connectivity index (χ2v) is 5.24. The van der Waals surface area contributed by atoms with Crippen LogP contribution in [-0.4, -0.2) is 16.2 Å². The monoisotopic (exact) mass is 269 g/mol. The molecule has 1 aromatic heterocycles. The molecule has 0 saturated carbocycles. The second-order valence-electron chi connectivity index (χ2n) is 5.24. The molecule has 0 saturated heterocycles. The van der Waals surface area contributed by atoms with Crippen molar-refractivity contribution in [3.05, 3.63) is 66.0 Å². The van der Waals surface area contributed by atoms with Crippen molar-refractivity contribution in [1.29, 1.82) is 0 Å². The minimum atomic E-state index is -0.178. The molecule has 20 heavy (non-hydrogen) atoms. The van der Waals surface area contributed by atoms with Crippen LogP contribution in [0.25, 0.3) is 0 Å². The highest BCUT2D eigenvalue weighted by Crippen LogP contribution is 2.11. The Morgan fingerprint density at radius 1 is 0.850 bits per heavy atom. The molecule has 0 aliphatic rings. The molecule has 0 spiro atoms. The molecular weight excluding hydrogens is 246 g/mol. The van der Waals surface area contributed by atoms with Crippen LogP contribution in [0.4, 0.5) is 0 Å². The number of pyridine rings is 1. The van der Waals surface area contributed by atoms with Gasteiger partial charge in [-0.15, -0.1) is 0 Å². The lowest BCUT2D eigenvalue weighted by atomic mass is 10.0. The molecule has 1 atom stereocenters. The maximum absolute atomic E-state index is 9.98. The zero-order valence-electron chi connectivity index (χ0n) is 11.9. The Morgan fingerprint density at radius 3 is 2.25 bits per heavy atom. The first kappa shape index (κ1) is 14.7. The van der Waals surface area contributed by atoms with Crippen molar-refractivity contribution in [2.24, 2.45) is 0 Å². The Bertz CT molecular complexity index is 424. The highest BCUT2D eigenvalue weighted by atomic mass is 16.3. The van der Waals surface area contributed by atoms with Gasteiger partial charge >= 0.3 is 0 Å². The van der Waals surface area contributed by atoms with Gasteiger partial charge in [0.1, 0.15) is 0 Å². The van der Waals surface area contributed by atoms with Gasteiger partial charge in [0.25, 0.3) is 0 Å². The lowest BCUT2D eigenvalue weighted by molar-refractivity contribution is 0.149. The van der Waals surface area contributed by atoms with E-state index in [9.17, 15) is 5.11 Å². The van der Waals surface area contributed by atoms with E-state index in [0.717, 1.165) is 44.2 Å². The third-order valence-corrected chi connectivity index (χ3v) is 3.54. The topological polar surface area (TPSA) is 33.1 Å². The molecule has 1 unspecified atom stereocenters. The summed E-state index contributed by atoms with van der Waals surface area (Å²) in [4.78, 5) is 4.30. The fraction of sp³-hybridized carbons (Fsp3) is 0.389. The molecule has 2 nitrogen and oxygen atoms in total. The first-order valence-corrected chi connectivity index (χ1v) is 7.46. The number of benzene rings is 1. The average molecular weight is 269 g/mol. The normalized spacial score (nSPS) is 12.2. The minimum absolute atomic E-state index is 0.178. The summed E-state index contributed by atoms with van der Waals surface area (Å²) in [5, 5.41) is 9.98. The lowest BCUT2D eigenvalue weighted by Crippen LogP contribution is -2.07. The number of aromatic nitrogens is 1. The molecule has 106 valence electrons. The molecule has 2 heteroatoms. The summed E-state index contributed by atoms with van der Waals surface area (Å²) in [6.45, 7) is 0. The van der Waals surface area contributed by atoms with Crippen LogP contribution < -0.4 is 0 Å². The van der Waals surface area contributed by atoms with Crippen LogP contribution >= 0.6 is 0 Å². The molecule has 1 aromatic carbocycles. The zero-order valence-corrected chi connectivity index (χ0v) is 11.9. The highest BCUT2D eigenvalue weighted by Gasteiger charge is 2.04. The fourth-order valence-electron chi connectivity index (χ4n) is 2.40. The van der Waals surface area contributed by atoms with Crippen molar-refractivity contribution in [1.82, 2.24) is 4.98 Å². The molecule has 0 bridgehead atoms. The van der Waals surface area contributed by atoms with Crippen LogP contribution in [0.1, 0.15) is 36.9 Å². The maximum Gasteiger partial charge on any atom is 0.0540 e. The van der Waals surface area contributed by atoms with E-state index in [1.165, 1.54) is 5.56 Å². The molecule has 1 heterocycles. The predicted molar refractivity (Wildman–Crippen MR) is 82.6 cm³/mol. The van der Waals surface area contributed by atoms with Crippen LogP contribution in [0.15, 0.2) is 54.7 Å². The summed E-state index contributed by atoms with van der Waals surface area (Å²) in [6.07, 6.45) is 7.46.